The monoisotopic (exact) mass is 159 g/mol. The minimum atomic E-state index is -0.317. The molecule has 11 heavy (non-hydrogen) atoms. The third-order valence-corrected chi connectivity index (χ3v) is 1.14. The van der Waals surface area contributed by atoms with Gasteiger partial charge >= 0.3 is 5.97 Å². The molecular formula is C7H13NO3. The molecule has 0 aromatic heterocycles. The lowest BCUT2D eigenvalue weighted by Crippen LogP contribution is -2.12. The van der Waals surface area contributed by atoms with Gasteiger partial charge in [-0.3, -0.25) is 0 Å². The van der Waals surface area contributed by atoms with Crippen LogP contribution in [-0.2, 0) is 14.4 Å². The number of hydrogen-bond acceptors (Lipinski definition) is 4. The second-order valence-corrected chi connectivity index (χ2v) is 1.93. The summed E-state index contributed by atoms with van der Waals surface area (Å²) in [7, 11) is 2.87. The van der Waals surface area contributed by atoms with Crippen molar-refractivity contribution in [3.05, 3.63) is 11.6 Å². The number of carbonyl (C=O) groups excluding carboxylic acids is 1. The third-order valence-electron chi connectivity index (χ3n) is 1.14. The van der Waals surface area contributed by atoms with E-state index >= 15 is 0 Å². The van der Waals surface area contributed by atoms with Crippen molar-refractivity contribution >= 4 is 5.97 Å². The Morgan fingerprint density at radius 1 is 1.55 bits per heavy atom. The van der Waals surface area contributed by atoms with Gasteiger partial charge in [0.05, 0.1) is 14.2 Å². The highest BCUT2D eigenvalue weighted by molar-refractivity contribution is 5.87. The van der Waals surface area contributed by atoms with Gasteiger partial charge in [0.25, 0.3) is 0 Å². The highest BCUT2D eigenvalue weighted by atomic mass is 16.6. The first kappa shape index (κ1) is 10.1. The van der Waals surface area contributed by atoms with Gasteiger partial charge < -0.3 is 9.57 Å². The van der Waals surface area contributed by atoms with Crippen LogP contribution in [0.1, 0.15) is 6.92 Å². The van der Waals surface area contributed by atoms with Gasteiger partial charge in [-0.1, -0.05) is 6.08 Å². The van der Waals surface area contributed by atoms with Crippen LogP contribution in [0.25, 0.3) is 0 Å². The number of methoxy groups -OCH3 is 1. The number of carbonyl (C=O) groups is 1. The molecule has 0 fully saturated rings. The van der Waals surface area contributed by atoms with E-state index in [2.05, 4.69) is 15.1 Å². The largest absolute Gasteiger partial charge is 0.466 e. The molecule has 0 heterocycles. The van der Waals surface area contributed by atoms with Gasteiger partial charge in [-0.25, -0.2) is 4.79 Å². The molecule has 0 unspecified atom stereocenters. The average Bonchev–Trinajstić information content (AvgIpc) is 2.03. The molecule has 0 aliphatic heterocycles. The van der Waals surface area contributed by atoms with Crippen LogP contribution in [0.3, 0.4) is 0 Å². The molecule has 0 aromatic rings. The molecule has 4 nitrogen and oxygen atoms in total. The van der Waals surface area contributed by atoms with E-state index in [0.29, 0.717) is 12.1 Å². The van der Waals surface area contributed by atoms with Crippen LogP contribution in [0, 0.1) is 0 Å². The Morgan fingerprint density at radius 2 is 2.18 bits per heavy atom. The summed E-state index contributed by atoms with van der Waals surface area (Å²) in [5, 5.41) is 0. The molecule has 0 atom stereocenters. The maximum absolute atomic E-state index is 10.7. The number of ether oxygens (including phenoxy) is 1. The van der Waals surface area contributed by atoms with Crippen LogP contribution in [0.5, 0.6) is 0 Å². The van der Waals surface area contributed by atoms with Crippen molar-refractivity contribution in [1.29, 1.82) is 0 Å². The number of hydroxylamine groups is 1. The number of esters is 1. The Kier molecular flexibility index (Phi) is 5.42. The maximum Gasteiger partial charge on any atom is 0.333 e. The van der Waals surface area contributed by atoms with E-state index in [9.17, 15) is 4.79 Å². The topological polar surface area (TPSA) is 47.6 Å². The van der Waals surface area contributed by atoms with Crippen molar-refractivity contribution in [3.8, 4) is 0 Å². The first-order valence-electron chi connectivity index (χ1n) is 3.23. The zero-order chi connectivity index (χ0) is 8.69. The molecule has 4 heteroatoms. The molecule has 0 bridgehead atoms. The molecule has 0 amide bonds. The van der Waals surface area contributed by atoms with Crippen molar-refractivity contribution in [2.75, 3.05) is 20.8 Å². The minimum absolute atomic E-state index is 0.317. The van der Waals surface area contributed by atoms with E-state index in [0.717, 1.165) is 0 Å². The summed E-state index contributed by atoms with van der Waals surface area (Å²) in [4.78, 5) is 15.3. The van der Waals surface area contributed by atoms with E-state index in [4.69, 9.17) is 0 Å². The van der Waals surface area contributed by atoms with Crippen LogP contribution in [0.2, 0.25) is 0 Å². The lowest BCUT2D eigenvalue weighted by molar-refractivity contribution is -0.136. The molecular weight excluding hydrogens is 146 g/mol. The van der Waals surface area contributed by atoms with E-state index in [1.54, 1.807) is 13.0 Å². The van der Waals surface area contributed by atoms with E-state index in [-0.39, 0.29) is 5.97 Å². The van der Waals surface area contributed by atoms with Gasteiger partial charge in [-0.15, -0.1) is 0 Å². The molecule has 0 radical (unpaired) electrons. The summed E-state index contributed by atoms with van der Waals surface area (Å²) in [5.74, 6) is -0.317. The normalized spacial score (nSPS) is 11.4. The quantitative estimate of drug-likeness (QED) is 0.276. The summed E-state index contributed by atoms with van der Waals surface area (Å²) < 4.78 is 4.47. The smallest absolute Gasteiger partial charge is 0.333 e. The first-order valence-corrected chi connectivity index (χ1v) is 3.23. The van der Waals surface area contributed by atoms with E-state index in [1.807, 2.05) is 0 Å². The summed E-state index contributed by atoms with van der Waals surface area (Å²) >= 11 is 0. The number of hydrogen-bond donors (Lipinski definition) is 1. The summed E-state index contributed by atoms with van der Waals surface area (Å²) in [6, 6.07) is 0. The lowest BCUT2D eigenvalue weighted by Gasteiger charge is -1.98. The van der Waals surface area contributed by atoms with Crippen molar-refractivity contribution in [3.63, 3.8) is 0 Å². The fraction of sp³-hybridized carbons (Fsp3) is 0.571. The highest BCUT2D eigenvalue weighted by Crippen LogP contribution is 1.93. The number of rotatable bonds is 4. The van der Waals surface area contributed by atoms with Gasteiger partial charge in [0.1, 0.15) is 0 Å². The van der Waals surface area contributed by atoms with Gasteiger partial charge in [-0.2, -0.15) is 5.48 Å². The van der Waals surface area contributed by atoms with Gasteiger partial charge in [0, 0.05) is 12.1 Å². The molecule has 0 saturated heterocycles. The molecule has 0 aromatic carbocycles. The molecule has 64 valence electrons. The fourth-order valence-electron chi connectivity index (χ4n) is 0.522. The van der Waals surface area contributed by atoms with Crippen LogP contribution in [-0.4, -0.2) is 26.7 Å². The van der Waals surface area contributed by atoms with Crippen molar-refractivity contribution in [2.24, 2.45) is 0 Å². The van der Waals surface area contributed by atoms with Crippen LogP contribution in [0.15, 0.2) is 11.6 Å². The predicted octanol–water partition coefficient (Wildman–Crippen LogP) is 0.257. The first-order chi connectivity index (χ1) is 5.22. The average molecular weight is 159 g/mol. The Hall–Kier alpha value is -0.870. The van der Waals surface area contributed by atoms with Crippen LogP contribution >= 0.6 is 0 Å². The standard InChI is InChI=1S/C7H13NO3/c1-6(7(9)10-2)4-5-8-11-3/h4,8H,5H2,1-3H3/b6-4-. The molecule has 0 aliphatic carbocycles. The highest BCUT2D eigenvalue weighted by Gasteiger charge is 2.00. The predicted molar refractivity (Wildman–Crippen MR) is 40.8 cm³/mol. The minimum Gasteiger partial charge on any atom is -0.466 e. The fourth-order valence-corrected chi connectivity index (χ4v) is 0.522. The van der Waals surface area contributed by atoms with Crippen LogP contribution in [0.4, 0.5) is 0 Å². The SMILES string of the molecule is CONC/C=C(/C)C(=O)OC. The van der Waals surface area contributed by atoms with E-state index in [1.165, 1.54) is 14.2 Å². The second kappa shape index (κ2) is 5.88. The Balaban J connectivity index is 3.71. The maximum atomic E-state index is 10.7. The zero-order valence-corrected chi connectivity index (χ0v) is 7.01. The third kappa shape index (κ3) is 4.52. The summed E-state index contributed by atoms with van der Waals surface area (Å²) in [5.41, 5.74) is 3.14. The summed E-state index contributed by atoms with van der Waals surface area (Å²) in [6.45, 7) is 2.18. The Morgan fingerprint density at radius 3 is 2.64 bits per heavy atom. The Bertz CT molecular complexity index is 154. The molecule has 0 saturated carbocycles. The van der Waals surface area contributed by atoms with Gasteiger partial charge in [-0.05, 0) is 6.92 Å². The van der Waals surface area contributed by atoms with Gasteiger partial charge in [0.15, 0.2) is 0 Å². The van der Waals surface area contributed by atoms with Crippen molar-refractivity contribution in [1.82, 2.24) is 5.48 Å². The molecule has 1 N–H and O–H groups in total. The lowest BCUT2D eigenvalue weighted by atomic mass is 10.3. The van der Waals surface area contributed by atoms with Gasteiger partial charge in [0.2, 0.25) is 0 Å². The zero-order valence-electron chi connectivity index (χ0n) is 7.01. The van der Waals surface area contributed by atoms with E-state index < -0.39 is 0 Å². The Labute approximate surface area is 66.1 Å². The molecule has 0 aliphatic rings. The second-order valence-electron chi connectivity index (χ2n) is 1.93. The van der Waals surface area contributed by atoms with Crippen molar-refractivity contribution in [2.45, 2.75) is 6.92 Å². The molecule has 0 spiro atoms. The number of nitrogens with one attached hydrogen (secondary N) is 1. The van der Waals surface area contributed by atoms with Crippen molar-refractivity contribution < 1.29 is 14.4 Å². The summed E-state index contributed by atoms with van der Waals surface area (Å²) in [6.07, 6.45) is 1.69. The van der Waals surface area contributed by atoms with Crippen LogP contribution < -0.4 is 5.48 Å². The molecule has 0 rings (SSSR count).